The van der Waals surface area contributed by atoms with Gasteiger partial charge in [-0.1, -0.05) is 22.0 Å². The Labute approximate surface area is 120 Å². The molecule has 1 fully saturated rings. The van der Waals surface area contributed by atoms with Crippen LogP contribution in [0.25, 0.3) is 0 Å². The number of alkyl halides is 1. The molecule has 0 unspecified atom stereocenters. The van der Waals surface area contributed by atoms with E-state index < -0.39 is 0 Å². The van der Waals surface area contributed by atoms with E-state index in [0.717, 1.165) is 42.7 Å². The quantitative estimate of drug-likeness (QED) is 0.776. The van der Waals surface area contributed by atoms with E-state index >= 15 is 0 Å². The summed E-state index contributed by atoms with van der Waals surface area (Å²) < 4.78 is 5.68. The Kier molecular flexibility index (Phi) is 5.66. The predicted molar refractivity (Wildman–Crippen MR) is 77.4 cm³/mol. The molecule has 1 aliphatic rings. The van der Waals surface area contributed by atoms with Gasteiger partial charge in [-0.15, -0.1) is 11.3 Å². The fourth-order valence-electron chi connectivity index (χ4n) is 2.16. The molecular formula is C13H18BrNO2S. The number of thiophene rings is 1. The monoisotopic (exact) mass is 331 g/mol. The molecule has 1 aliphatic heterocycles. The number of piperidine rings is 1. The summed E-state index contributed by atoms with van der Waals surface area (Å²) in [6.07, 6.45) is 2.80. The van der Waals surface area contributed by atoms with Crippen LogP contribution in [0.1, 0.15) is 17.7 Å². The van der Waals surface area contributed by atoms with Gasteiger partial charge in [-0.3, -0.25) is 4.79 Å². The second-order valence-corrected chi connectivity index (χ2v) is 6.22. The standard InChI is InChI=1S/C13H18BrNO2S/c14-5-8-17-11-3-6-15(7-4-11)13(16)10-12-2-1-9-18-12/h1-2,9,11H,3-8,10H2. The van der Waals surface area contributed by atoms with Crippen LogP contribution >= 0.6 is 27.3 Å². The van der Waals surface area contributed by atoms with Crippen LogP contribution < -0.4 is 0 Å². The minimum atomic E-state index is 0.247. The molecule has 0 spiro atoms. The van der Waals surface area contributed by atoms with Crippen LogP contribution in [0.3, 0.4) is 0 Å². The van der Waals surface area contributed by atoms with Crippen molar-refractivity contribution in [1.82, 2.24) is 4.90 Å². The third-order valence-corrected chi connectivity index (χ3v) is 4.33. The van der Waals surface area contributed by atoms with Crippen LogP contribution in [0.15, 0.2) is 17.5 Å². The number of carbonyl (C=O) groups excluding carboxylic acids is 1. The second-order valence-electron chi connectivity index (χ2n) is 4.40. The third-order valence-electron chi connectivity index (χ3n) is 3.13. The van der Waals surface area contributed by atoms with Gasteiger partial charge in [-0.25, -0.2) is 0 Å². The minimum absolute atomic E-state index is 0.247. The minimum Gasteiger partial charge on any atom is -0.377 e. The molecular weight excluding hydrogens is 314 g/mol. The summed E-state index contributed by atoms with van der Waals surface area (Å²) in [6.45, 7) is 2.42. The molecule has 0 N–H and O–H groups in total. The zero-order chi connectivity index (χ0) is 12.8. The molecule has 5 heteroatoms. The van der Waals surface area contributed by atoms with Gasteiger partial charge in [0.25, 0.3) is 0 Å². The van der Waals surface area contributed by atoms with Crippen molar-refractivity contribution in [1.29, 1.82) is 0 Å². The second kappa shape index (κ2) is 7.26. The number of amides is 1. The van der Waals surface area contributed by atoms with Crippen LogP contribution in [0.5, 0.6) is 0 Å². The van der Waals surface area contributed by atoms with E-state index in [1.165, 1.54) is 0 Å². The van der Waals surface area contributed by atoms with Crippen molar-refractivity contribution in [2.75, 3.05) is 25.0 Å². The molecule has 3 nitrogen and oxygen atoms in total. The SMILES string of the molecule is O=C(Cc1cccs1)N1CCC(OCCBr)CC1. The normalized spacial score (nSPS) is 17.1. The highest BCUT2D eigenvalue weighted by atomic mass is 79.9. The topological polar surface area (TPSA) is 29.5 Å². The maximum Gasteiger partial charge on any atom is 0.227 e. The van der Waals surface area contributed by atoms with Gasteiger partial charge >= 0.3 is 0 Å². The number of nitrogens with zero attached hydrogens (tertiary/aromatic N) is 1. The lowest BCUT2D eigenvalue weighted by Gasteiger charge is -2.31. The van der Waals surface area contributed by atoms with Gasteiger partial charge in [0.1, 0.15) is 0 Å². The van der Waals surface area contributed by atoms with Gasteiger partial charge in [0.05, 0.1) is 19.1 Å². The van der Waals surface area contributed by atoms with E-state index in [1.807, 2.05) is 22.4 Å². The molecule has 0 aliphatic carbocycles. The average Bonchev–Trinajstić information content (AvgIpc) is 2.89. The van der Waals surface area contributed by atoms with E-state index in [2.05, 4.69) is 15.9 Å². The van der Waals surface area contributed by atoms with Crippen molar-refractivity contribution in [3.8, 4) is 0 Å². The van der Waals surface area contributed by atoms with Crippen molar-refractivity contribution < 1.29 is 9.53 Å². The molecule has 1 amide bonds. The molecule has 0 bridgehead atoms. The lowest BCUT2D eigenvalue weighted by molar-refractivity contribution is -0.132. The molecule has 1 aromatic rings. The largest absolute Gasteiger partial charge is 0.377 e. The van der Waals surface area contributed by atoms with Gasteiger partial charge in [0, 0.05) is 23.3 Å². The van der Waals surface area contributed by atoms with Crippen molar-refractivity contribution >= 4 is 33.2 Å². The van der Waals surface area contributed by atoms with E-state index in [-0.39, 0.29) is 5.91 Å². The number of likely N-dealkylation sites (tertiary alicyclic amines) is 1. The molecule has 0 aromatic carbocycles. The number of carbonyl (C=O) groups is 1. The van der Waals surface area contributed by atoms with Crippen LogP contribution in [-0.2, 0) is 16.0 Å². The zero-order valence-electron chi connectivity index (χ0n) is 10.3. The van der Waals surface area contributed by atoms with E-state index in [4.69, 9.17) is 4.74 Å². The molecule has 100 valence electrons. The van der Waals surface area contributed by atoms with Gasteiger partial charge in [-0.05, 0) is 24.3 Å². The number of hydrogen-bond donors (Lipinski definition) is 0. The molecule has 18 heavy (non-hydrogen) atoms. The molecule has 1 aromatic heterocycles. The number of ether oxygens (including phenoxy) is 1. The van der Waals surface area contributed by atoms with Crippen molar-refractivity contribution in [2.24, 2.45) is 0 Å². The van der Waals surface area contributed by atoms with Crippen molar-refractivity contribution in [2.45, 2.75) is 25.4 Å². The molecule has 1 saturated heterocycles. The molecule has 0 radical (unpaired) electrons. The summed E-state index contributed by atoms with van der Waals surface area (Å²) in [6, 6.07) is 4.02. The summed E-state index contributed by atoms with van der Waals surface area (Å²) in [4.78, 5) is 15.2. The van der Waals surface area contributed by atoms with E-state index in [0.29, 0.717) is 12.5 Å². The Morgan fingerprint density at radius 3 is 2.89 bits per heavy atom. The lowest BCUT2D eigenvalue weighted by atomic mass is 10.1. The van der Waals surface area contributed by atoms with Gasteiger partial charge in [0.15, 0.2) is 0 Å². The van der Waals surface area contributed by atoms with Crippen LogP contribution in [0, 0.1) is 0 Å². The fourth-order valence-corrected chi connectivity index (χ4v) is 3.04. The summed E-state index contributed by atoms with van der Waals surface area (Å²) >= 11 is 5.01. The Morgan fingerprint density at radius 1 is 1.50 bits per heavy atom. The molecule has 2 rings (SSSR count). The fraction of sp³-hybridized carbons (Fsp3) is 0.615. The number of halogens is 1. The molecule has 0 saturated carbocycles. The van der Waals surface area contributed by atoms with E-state index in [1.54, 1.807) is 11.3 Å². The Hall–Kier alpha value is -0.390. The Bertz CT molecular complexity index is 361. The Morgan fingerprint density at radius 2 is 2.28 bits per heavy atom. The van der Waals surface area contributed by atoms with Crippen LogP contribution in [0.4, 0.5) is 0 Å². The highest BCUT2D eigenvalue weighted by Gasteiger charge is 2.23. The molecule has 2 heterocycles. The first kappa shape index (κ1) is 14.0. The van der Waals surface area contributed by atoms with Gasteiger partial charge in [0.2, 0.25) is 5.91 Å². The zero-order valence-corrected chi connectivity index (χ0v) is 12.7. The highest BCUT2D eigenvalue weighted by Crippen LogP contribution is 2.16. The van der Waals surface area contributed by atoms with Crippen molar-refractivity contribution in [3.63, 3.8) is 0 Å². The van der Waals surface area contributed by atoms with E-state index in [9.17, 15) is 4.79 Å². The summed E-state index contributed by atoms with van der Waals surface area (Å²) in [5, 5.41) is 2.90. The highest BCUT2D eigenvalue weighted by molar-refractivity contribution is 9.09. The average molecular weight is 332 g/mol. The summed E-state index contributed by atoms with van der Waals surface area (Å²) in [5.74, 6) is 0.247. The predicted octanol–water partition coefficient (Wildman–Crippen LogP) is 2.69. The maximum atomic E-state index is 12.1. The van der Waals surface area contributed by atoms with Gasteiger partial charge < -0.3 is 9.64 Å². The third kappa shape index (κ3) is 4.07. The number of hydrogen-bond acceptors (Lipinski definition) is 3. The first-order chi connectivity index (χ1) is 8.79. The maximum absolute atomic E-state index is 12.1. The summed E-state index contributed by atoms with van der Waals surface area (Å²) in [7, 11) is 0. The van der Waals surface area contributed by atoms with Gasteiger partial charge in [-0.2, -0.15) is 0 Å². The lowest BCUT2D eigenvalue weighted by Crippen LogP contribution is -2.41. The van der Waals surface area contributed by atoms with Crippen LogP contribution in [-0.4, -0.2) is 41.9 Å². The van der Waals surface area contributed by atoms with Crippen molar-refractivity contribution in [3.05, 3.63) is 22.4 Å². The first-order valence-electron chi connectivity index (χ1n) is 6.27. The summed E-state index contributed by atoms with van der Waals surface area (Å²) in [5.41, 5.74) is 0. The Balaban J connectivity index is 1.73. The number of rotatable bonds is 5. The first-order valence-corrected chi connectivity index (χ1v) is 8.27. The molecule has 0 atom stereocenters. The van der Waals surface area contributed by atoms with Crippen LogP contribution in [0.2, 0.25) is 0 Å². The smallest absolute Gasteiger partial charge is 0.227 e.